The van der Waals surface area contributed by atoms with Crippen molar-refractivity contribution in [2.75, 3.05) is 27.0 Å². The molecule has 0 fully saturated rings. The quantitative estimate of drug-likeness (QED) is 0.104. The van der Waals surface area contributed by atoms with E-state index in [0.29, 0.717) is 22.7 Å². The highest BCUT2D eigenvalue weighted by molar-refractivity contribution is 14.1. The zero-order valence-corrected chi connectivity index (χ0v) is 35.8. The first-order chi connectivity index (χ1) is 25.3. The molecule has 0 radical (unpaired) electrons. The molecule has 10 N–H and O–H groups in total. The van der Waals surface area contributed by atoms with Crippen LogP contribution in [0, 0.1) is 14.4 Å². The minimum atomic E-state index is -1.51. The predicted octanol–water partition coefficient (Wildman–Crippen LogP) is 4.25. The molecule has 0 saturated carbocycles. The summed E-state index contributed by atoms with van der Waals surface area (Å²) in [5.74, 6) is -4.54. The number of nitrogen functional groups attached to an aromatic ring is 1. The summed E-state index contributed by atoms with van der Waals surface area (Å²) in [6.45, 7) is 18.0. The van der Waals surface area contributed by atoms with E-state index in [1.165, 1.54) is 61.5 Å². The van der Waals surface area contributed by atoms with Crippen molar-refractivity contribution < 1.29 is 38.4 Å². The average Bonchev–Trinajstić information content (AvgIpc) is 3.05. The summed E-state index contributed by atoms with van der Waals surface area (Å²) in [6.07, 6.45) is 0. The molecule has 0 spiro atoms. The molecule has 17 nitrogen and oxygen atoms in total. The van der Waals surface area contributed by atoms with E-state index in [1.807, 2.05) is 0 Å². The number of hydrogen-bond donors (Lipinski definition) is 9. The smallest absolute Gasteiger partial charge is 0.249 e. The second-order valence-electron chi connectivity index (χ2n) is 16.9. The molecule has 0 unspecified atom stereocenters. The molecule has 0 bridgehead atoms. The molecule has 58 heavy (non-hydrogen) atoms. The van der Waals surface area contributed by atoms with Crippen molar-refractivity contribution in [3.8, 4) is 0 Å². The van der Waals surface area contributed by atoms with Crippen molar-refractivity contribution >= 4 is 98.3 Å². The Labute approximate surface area is 354 Å². The fourth-order valence-corrected chi connectivity index (χ4v) is 5.30. The zero-order chi connectivity index (χ0) is 43.0. The number of rotatable bonds is 0. The van der Waals surface area contributed by atoms with Crippen LogP contribution in [-0.4, -0.2) is 69.4 Å². The second-order valence-corrected chi connectivity index (χ2v) is 18.1. The van der Waals surface area contributed by atoms with Crippen LogP contribution in [0.2, 0.25) is 0 Å². The second kappa shape index (κ2) is 17.7. The van der Waals surface area contributed by atoms with E-state index in [-0.39, 0.29) is 20.5 Å². The highest BCUT2D eigenvalue weighted by Gasteiger charge is 2.45. The highest BCUT2D eigenvalue weighted by atomic mass is 127. The van der Waals surface area contributed by atoms with Gasteiger partial charge in [0, 0.05) is 9.26 Å². The van der Waals surface area contributed by atoms with Crippen molar-refractivity contribution in [2.45, 2.75) is 120 Å². The molecule has 0 aliphatic carbocycles. The molecular formula is C40H60IN9O8. The van der Waals surface area contributed by atoms with Crippen LogP contribution in [-0.2, 0) is 38.4 Å². The van der Waals surface area contributed by atoms with E-state index in [9.17, 15) is 38.4 Å². The van der Waals surface area contributed by atoms with Gasteiger partial charge in [-0.05, 0) is 142 Å². The Morgan fingerprint density at radius 3 is 0.966 bits per heavy atom. The number of hydrogen-bond acceptors (Lipinski definition) is 9. The van der Waals surface area contributed by atoms with Gasteiger partial charge in [-0.25, -0.2) is 0 Å². The number of amides is 8. The summed E-state index contributed by atoms with van der Waals surface area (Å²) in [5, 5.41) is 21.3. The average molecular weight is 922 g/mol. The van der Waals surface area contributed by atoms with Crippen LogP contribution in [0.3, 0.4) is 0 Å². The number of carbonyl (C=O) groups excluding carboxylic acids is 8. The molecule has 0 saturated heterocycles. The fraction of sp³-hybridized carbons (Fsp3) is 0.500. The summed E-state index contributed by atoms with van der Waals surface area (Å²) >= 11 is 2.09. The van der Waals surface area contributed by atoms with Gasteiger partial charge in [0.25, 0.3) is 0 Å². The Kier molecular flexibility index (Phi) is 15.5. The lowest BCUT2D eigenvalue weighted by atomic mass is 9.88. The van der Waals surface area contributed by atoms with Crippen LogP contribution in [0.25, 0.3) is 0 Å². The standard InChI is InChI=1S/C19H25IN4O4.C19H27N5O4.2CH4/c2*1-17(2)13(25)23-18(3,4)15(27)21-11-8-7-10(20)9-12(11)22-16(28)19(5,6)24-14(17)26;;/h7-9H,1-6H3,(H,21,27)(H,22,28)(H,23,25)(H,24,26);7-9H,20H2,1-6H3,(H,21,27)(H,22,28)(H,23,25)(H,24,26);2*1H4. The lowest BCUT2D eigenvalue weighted by Gasteiger charge is -2.32. The number of nitrogens with one attached hydrogen (secondary N) is 8. The third kappa shape index (κ3) is 11.4. The number of carbonyl (C=O) groups is 8. The molecule has 18 heteroatoms. The fourth-order valence-electron chi connectivity index (χ4n) is 4.81. The third-order valence-electron chi connectivity index (χ3n) is 9.26. The van der Waals surface area contributed by atoms with Crippen molar-refractivity contribution in [2.24, 2.45) is 10.8 Å². The van der Waals surface area contributed by atoms with Gasteiger partial charge in [-0.2, -0.15) is 0 Å². The Morgan fingerprint density at radius 1 is 0.397 bits per heavy atom. The van der Waals surface area contributed by atoms with Crippen molar-refractivity contribution in [1.29, 1.82) is 0 Å². The lowest BCUT2D eigenvalue weighted by Crippen LogP contribution is -2.61. The monoisotopic (exact) mass is 921 g/mol. The van der Waals surface area contributed by atoms with Crippen molar-refractivity contribution in [3.05, 3.63) is 40.0 Å². The van der Waals surface area contributed by atoms with Gasteiger partial charge in [-0.3, -0.25) is 38.4 Å². The topological polar surface area (TPSA) is 259 Å². The van der Waals surface area contributed by atoms with Gasteiger partial charge in [0.1, 0.15) is 33.0 Å². The van der Waals surface area contributed by atoms with Crippen LogP contribution >= 0.6 is 22.6 Å². The minimum absolute atomic E-state index is 0. The number of halogens is 1. The summed E-state index contributed by atoms with van der Waals surface area (Å²) in [5.41, 5.74) is -0.664. The van der Waals surface area contributed by atoms with E-state index in [4.69, 9.17) is 5.73 Å². The summed E-state index contributed by atoms with van der Waals surface area (Å²) < 4.78 is 0.853. The number of benzene rings is 2. The number of nitrogens with two attached hydrogens (primary N) is 1. The first-order valence-electron chi connectivity index (χ1n) is 17.6. The third-order valence-corrected chi connectivity index (χ3v) is 9.93. The Hall–Kier alpha value is -5.27. The summed E-state index contributed by atoms with van der Waals surface area (Å²) in [7, 11) is 0. The molecule has 2 aromatic rings. The predicted molar refractivity (Wildman–Crippen MR) is 234 cm³/mol. The van der Waals surface area contributed by atoms with Crippen molar-refractivity contribution in [3.63, 3.8) is 0 Å². The maximum atomic E-state index is 12.8. The van der Waals surface area contributed by atoms with E-state index in [2.05, 4.69) is 65.1 Å². The molecule has 2 aliphatic heterocycles. The van der Waals surface area contributed by atoms with E-state index in [1.54, 1.807) is 58.0 Å². The molecule has 320 valence electrons. The summed E-state index contributed by atoms with van der Waals surface area (Å²) in [4.78, 5) is 102. The van der Waals surface area contributed by atoms with Crippen LogP contribution in [0.5, 0.6) is 0 Å². The number of anilines is 5. The number of fused-ring (bicyclic) bond motifs is 2. The molecule has 2 aliphatic rings. The largest absolute Gasteiger partial charge is 0.399 e. The first-order valence-corrected chi connectivity index (χ1v) is 18.7. The van der Waals surface area contributed by atoms with Crippen molar-refractivity contribution in [1.82, 2.24) is 21.3 Å². The van der Waals surface area contributed by atoms with E-state index >= 15 is 0 Å². The molecule has 2 aromatic carbocycles. The van der Waals surface area contributed by atoms with E-state index < -0.39 is 80.2 Å². The van der Waals surface area contributed by atoms with Gasteiger partial charge in [0.2, 0.25) is 47.3 Å². The van der Waals surface area contributed by atoms with Crippen LogP contribution < -0.4 is 48.3 Å². The van der Waals surface area contributed by atoms with Gasteiger partial charge < -0.3 is 48.3 Å². The Balaban J connectivity index is 0.000000561. The Bertz CT molecular complexity index is 1860. The van der Waals surface area contributed by atoms with Gasteiger partial charge in [-0.1, -0.05) is 14.9 Å². The maximum Gasteiger partial charge on any atom is 0.249 e. The highest BCUT2D eigenvalue weighted by Crippen LogP contribution is 2.30. The van der Waals surface area contributed by atoms with E-state index in [0.717, 1.165) is 3.57 Å². The minimum Gasteiger partial charge on any atom is -0.399 e. The molecular weight excluding hydrogens is 861 g/mol. The first kappa shape index (κ1) is 50.7. The molecule has 0 atom stereocenters. The SMILES string of the molecule is C.C.CC1(C)NC(=O)C(C)(C)C(=O)NC(C)(C)C(=O)Nc2cc(I)ccc2NC1=O.CC1(C)NC(=O)C(C)(C)C(=O)NC(C)(C)C(=O)Nc2cc(N)ccc2NC1=O. The molecule has 0 aromatic heterocycles. The normalized spacial score (nSPS) is 20.8. The van der Waals surface area contributed by atoms with Gasteiger partial charge in [-0.15, -0.1) is 0 Å². The van der Waals surface area contributed by atoms with Gasteiger partial charge >= 0.3 is 0 Å². The zero-order valence-electron chi connectivity index (χ0n) is 33.7. The van der Waals surface area contributed by atoms with Crippen LogP contribution in [0.15, 0.2) is 36.4 Å². The summed E-state index contributed by atoms with van der Waals surface area (Å²) in [6, 6.07) is 9.79. The van der Waals surface area contributed by atoms with Crippen LogP contribution in [0.1, 0.15) is 97.9 Å². The molecule has 8 amide bonds. The molecule has 4 rings (SSSR count). The van der Waals surface area contributed by atoms with Gasteiger partial charge in [0.05, 0.1) is 22.7 Å². The lowest BCUT2D eigenvalue weighted by molar-refractivity contribution is -0.146. The van der Waals surface area contributed by atoms with Gasteiger partial charge in [0.15, 0.2) is 0 Å². The van der Waals surface area contributed by atoms with Crippen LogP contribution in [0.4, 0.5) is 28.4 Å². The maximum absolute atomic E-state index is 12.8. The molecule has 2 heterocycles. The Morgan fingerprint density at radius 2 is 0.655 bits per heavy atom.